The van der Waals surface area contributed by atoms with Gasteiger partial charge in [-0.05, 0) is 49.3 Å². The van der Waals surface area contributed by atoms with E-state index >= 15 is 0 Å². The predicted molar refractivity (Wildman–Crippen MR) is 98.5 cm³/mol. The number of carbonyl (C=O) groups excluding carboxylic acids is 2. The molecule has 0 bridgehead atoms. The van der Waals surface area contributed by atoms with Crippen molar-refractivity contribution in [2.24, 2.45) is 0 Å². The zero-order valence-corrected chi connectivity index (χ0v) is 15.4. The molecule has 0 aliphatic carbocycles. The van der Waals surface area contributed by atoms with Crippen LogP contribution >= 0.6 is 23.3 Å². The maximum Gasteiger partial charge on any atom is 0.273 e. The topological polar surface area (TPSA) is 97.1 Å². The minimum Gasteiger partial charge on any atom is -0.395 e. The summed E-state index contributed by atoms with van der Waals surface area (Å²) in [4.78, 5) is 25.7. The van der Waals surface area contributed by atoms with Crippen LogP contribution in [0, 0.1) is 0 Å². The number of thioether (sulfide) groups is 1. The molecule has 0 radical (unpaired) electrons. The lowest BCUT2D eigenvalue weighted by atomic mass is 10.2. The number of nitrogens with one attached hydrogen (secondary N) is 2. The molecule has 0 aliphatic heterocycles. The van der Waals surface area contributed by atoms with Crippen molar-refractivity contribution in [1.29, 1.82) is 0 Å². The number of amides is 2. The molecule has 1 aromatic heterocycles. The van der Waals surface area contributed by atoms with Crippen LogP contribution < -0.4 is 16.4 Å². The summed E-state index contributed by atoms with van der Waals surface area (Å²) in [6.07, 6.45) is 2.01. The lowest BCUT2D eigenvalue weighted by molar-refractivity contribution is 0.0939. The second kappa shape index (κ2) is 8.16. The summed E-state index contributed by atoms with van der Waals surface area (Å²) in [5.41, 5.74) is 7.12. The van der Waals surface area contributed by atoms with Crippen molar-refractivity contribution >= 4 is 40.8 Å². The largest absolute Gasteiger partial charge is 0.395 e. The number of nitrogen functional groups attached to an aromatic ring is 1. The van der Waals surface area contributed by atoms with Gasteiger partial charge < -0.3 is 16.4 Å². The number of anilines is 1. The van der Waals surface area contributed by atoms with Crippen molar-refractivity contribution in [3.8, 4) is 0 Å². The van der Waals surface area contributed by atoms with E-state index in [9.17, 15) is 9.59 Å². The Morgan fingerprint density at radius 3 is 2.50 bits per heavy atom. The van der Waals surface area contributed by atoms with Crippen LogP contribution in [0.5, 0.6) is 0 Å². The SMILES string of the molecule is CSc1ccc(CNC(=O)c2snc(C(=O)NC(C)C)c2N)cc1. The third kappa shape index (κ3) is 4.48. The number of aromatic nitrogens is 1. The highest BCUT2D eigenvalue weighted by molar-refractivity contribution is 7.98. The first-order valence-electron chi connectivity index (χ1n) is 7.39. The number of benzene rings is 1. The van der Waals surface area contributed by atoms with E-state index in [2.05, 4.69) is 15.0 Å². The summed E-state index contributed by atoms with van der Waals surface area (Å²) in [7, 11) is 0. The average Bonchev–Trinajstić information content (AvgIpc) is 2.94. The Kier molecular flexibility index (Phi) is 6.22. The molecule has 0 saturated carbocycles. The molecular formula is C16H20N4O2S2. The van der Waals surface area contributed by atoms with Crippen molar-refractivity contribution < 1.29 is 9.59 Å². The molecule has 128 valence electrons. The summed E-state index contributed by atoms with van der Waals surface area (Å²) in [6, 6.07) is 7.90. The smallest absolute Gasteiger partial charge is 0.273 e. The number of nitrogens with two attached hydrogens (primary N) is 1. The Bertz CT molecular complexity index is 726. The van der Waals surface area contributed by atoms with Crippen molar-refractivity contribution in [1.82, 2.24) is 15.0 Å². The Labute approximate surface area is 149 Å². The van der Waals surface area contributed by atoms with Gasteiger partial charge in [0.1, 0.15) is 4.88 Å². The molecule has 1 aromatic carbocycles. The monoisotopic (exact) mass is 364 g/mol. The normalized spacial score (nSPS) is 10.7. The molecule has 4 N–H and O–H groups in total. The van der Waals surface area contributed by atoms with Crippen molar-refractivity contribution in [2.75, 3.05) is 12.0 Å². The fourth-order valence-corrected chi connectivity index (χ4v) is 3.08. The van der Waals surface area contributed by atoms with Gasteiger partial charge in [0.25, 0.3) is 11.8 Å². The zero-order chi connectivity index (χ0) is 17.7. The minimum absolute atomic E-state index is 0.0277. The van der Waals surface area contributed by atoms with E-state index in [1.54, 1.807) is 11.8 Å². The van der Waals surface area contributed by atoms with Crippen LogP contribution in [0.2, 0.25) is 0 Å². The number of carbonyl (C=O) groups is 2. The van der Waals surface area contributed by atoms with Crippen LogP contribution in [0.4, 0.5) is 5.69 Å². The first-order valence-corrected chi connectivity index (χ1v) is 9.39. The van der Waals surface area contributed by atoms with E-state index in [4.69, 9.17) is 5.73 Å². The molecule has 2 rings (SSSR count). The van der Waals surface area contributed by atoms with Gasteiger partial charge in [-0.15, -0.1) is 11.8 Å². The van der Waals surface area contributed by atoms with Gasteiger partial charge >= 0.3 is 0 Å². The Hall–Kier alpha value is -2.06. The third-order valence-electron chi connectivity index (χ3n) is 3.18. The summed E-state index contributed by atoms with van der Waals surface area (Å²) < 4.78 is 4.01. The van der Waals surface area contributed by atoms with Crippen LogP contribution in [0.15, 0.2) is 29.2 Å². The molecule has 2 amide bonds. The van der Waals surface area contributed by atoms with Crippen LogP contribution in [0.1, 0.15) is 39.6 Å². The first kappa shape index (κ1) is 18.3. The van der Waals surface area contributed by atoms with Gasteiger partial charge in [-0.1, -0.05) is 12.1 Å². The van der Waals surface area contributed by atoms with Gasteiger partial charge in [0.05, 0.1) is 5.69 Å². The van der Waals surface area contributed by atoms with Gasteiger partial charge in [-0.3, -0.25) is 9.59 Å². The molecule has 0 unspecified atom stereocenters. The van der Waals surface area contributed by atoms with Crippen LogP contribution in [0.3, 0.4) is 0 Å². The summed E-state index contributed by atoms with van der Waals surface area (Å²) >= 11 is 2.59. The highest BCUT2D eigenvalue weighted by atomic mass is 32.2. The molecule has 6 nitrogen and oxygen atoms in total. The van der Waals surface area contributed by atoms with Crippen molar-refractivity contribution in [3.05, 3.63) is 40.4 Å². The molecule has 0 fully saturated rings. The van der Waals surface area contributed by atoms with E-state index in [0.717, 1.165) is 22.0 Å². The molecule has 8 heteroatoms. The summed E-state index contributed by atoms with van der Waals surface area (Å²) in [5.74, 6) is -0.701. The van der Waals surface area contributed by atoms with E-state index in [1.807, 2.05) is 44.4 Å². The number of hydrogen-bond acceptors (Lipinski definition) is 6. The molecule has 0 aliphatic rings. The molecule has 0 atom stereocenters. The maximum atomic E-state index is 12.3. The third-order valence-corrected chi connectivity index (χ3v) is 4.79. The lowest BCUT2D eigenvalue weighted by Crippen LogP contribution is -2.31. The van der Waals surface area contributed by atoms with Gasteiger partial charge in [-0.25, -0.2) is 0 Å². The Morgan fingerprint density at radius 1 is 1.25 bits per heavy atom. The van der Waals surface area contributed by atoms with Crippen molar-refractivity contribution in [3.63, 3.8) is 0 Å². The van der Waals surface area contributed by atoms with Gasteiger partial charge in [0.2, 0.25) is 0 Å². The average molecular weight is 364 g/mol. The summed E-state index contributed by atoms with van der Waals surface area (Å²) in [6.45, 7) is 4.07. The molecule has 1 heterocycles. The van der Waals surface area contributed by atoms with Crippen molar-refractivity contribution in [2.45, 2.75) is 31.3 Å². The highest BCUT2D eigenvalue weighted by Gasteiger charge is 2.22. The fourth-order valence-electron chi connectivity index (χ4n) is 1.96. The molecule has 0 saturated heterocycles. The van der Waals surface area contributed by atoms with E-state index in [1.165, 1.54) is 0 Å². The van der Waals surface area contributed by atoms with E-state index in [0.29, 0.717) is 6.54 Å². The molecule has 2 aromatic rings. The van der Waals surface area contributed by atoms with E-state index in [-0.39, 0.29) is 34.1 Å². The standard InChI is InChI=1S/C16H20N4O2S2/c1-9(2)19-15(21)13-12(17)14(24-20-13)16(22)18-8-10-4-6-11(23-3)7-5-10/h4-7,9H,8,17H2,1-3H3,(H,18,22)(H,19,21). The first-order chi connectivity index (χ1) is 11.4. The quantitative estimate of drug-likeness (QED) is 0.684. The minimum atomic E-state index is -0.370. The van der Waals surface area contributed by atoms with Crippen LogP contribution in [0.25, 0.3) is 0 Å². The molecular weight excluding hydrogens is 344 g/mol. The van der Waals surface area contributed by atoms with Crippen LogP contribution in [-0.2, 0) is 6.54 Å². The molecule has 24 heavy (non-hydrogen) atoms. The molecule has 0 spiro atoms. The zero-order valence-electron chi connectivity index (χ0n) is 13.8. The van der Waals surface area contributed by atoms with Crippen LogP contribution in [-0.4, -0.2) is 28.5 Å². The number of rotatable bonds is 6. The maximum absolute atomic E-state index is 12.3. The Morgan fingerprint density at radius 2 is 1.92 bits per heavy atom. The van der Waals surface area contributed by atoms with E-state index < -0.39 is 0 Å². The summed E-state index contributed by atoms with van der Waals surface area (Å²) in [5, 5.41) is 5.51. The lowest BCUT2D eigenvalue weighted by Gasteiger charge is -2.07. The second-order valence-corrected chi connectivity index (χ2v) is 7.09. The van der Waals surface area contributed by atoms with Gasteiger partial charge in [-0.2, -0.15) is 4.37 Å². The predicted octanol–water partition coefficient (Wildman–Crippen LogP) is 2.52. The second-order valence-electron chi connectivity index (χ2n) is 5.43. The number of hydrogen-bond donors (Lipinski definition) is 3. The highest BCUT2D eigenvalue weighted by Crippen LogP contribution is 2.22. The van der Waals surface area contributed by atoms with Gasteiger partial charge in [0.15, 0.2) is 5.69 Å². The Balaban J connectivity index is 2.02. The number of nitrogens with zero attached hydrogens (tertiary/aromatic N) is 1. The fraction of sp³-hybridized carbons (Fsp3) is 0.312. The van der Waals surface area contributed by atoms with Gasteiger partial charge in [0, 0.05) is 17.5 Å².